The van der Waals surface area contributed by atoms with E-state index in [0.717, 1.165) is 11.1 Å². The van der Waals surface area contributed by atoms with Crippen LogP contribution in [-0.2, 0) is 9.84 Å². The number of amides is 1. The molecule has 1 saturated heterocycles. The van der Waals surface area contributed by atoms with E-state index < -0.39 is 21.9 Å². The Morgan fingerprint density at radius 2 is 2.03 bits per heavy atom. The molecular formula is C22H20ClN3O4S. The molecule has 5 rings (SSSR count). The maximum atomic E-state index is 13.4. The van der Waals surface area contributed by atoms with Crippen LogP contribution in [0.15, 0.2) is 42.5 Å². The maximum Gasteiger partial charge on any atom is 0.273 e. The van der Waals surface area contributed by atoms with Crippen LogP contribution in [-0.4, -0.2) is 52.1 Å². The molecule has 1 amide bonds. The van der Waals surface area contributed by atoms with Crippen molar-refractivity contribution in [2.45, 2.75) is 25.4 Å². The number of H-pyrrole nitrogens is 1. The summed E-state index contributed by atoms with van der Waals surface area (Å²) in [6.45, 7) is 1.91. The standard InChI is InChI=1S/C22H20ClN3O4S/c1-12-5-6-17(27)16(9-12)19-18-20(25-24-19)22(28)26(15-7-8-31(29,30)11-15)21(18)13-3-2-4-14(23)10-13/h2-6,9-10,15,21,27H,7-8,11H2,1H3,(H,24,25). The summed E-state index contributed by atoms with van der Waals surface area (Å²) in [5.74, 6) is -0.257. The van der Waals surface area contributed by atoms with Crippen molar-refractivity contribution in [3.63, 3.8) is 0 Å². The molecule has 2 aliphatic rings. The van der Waals surface area contributed by atoms with Crippen LogP contribution >= 0.6 is 11.6 Å². The highest BCUT2D eigenvalue weighted by molar-refractivity contribution is 7.91. The van der Waals surface area contributed by atoms with E-state index in [1.165, 1.54) is 0 Å². The first-order chi connectivity index (χ1) is 14.7. The zero-order valence-corrected chi connectivity index (χ0v) is 18.2. The second-order valence-electron chi connectivity index (χ2n) is 8.11. The van der Waals surface area contributed by atoms with Gasteiger partial charge in [-0.25, -0.2) is 8.42 Å². The molecule has 1 fully saturated rings. The first-order valence-corrected chi connectivity index (χ1v) is 12.1. The molecule has 9 heteroatoms. The number of rotatable bonds is 3. The lowest BCUT2D eigenvalue weighted by Gasteiger charge is -2.31. The van der Waals surface area contributed by atoms with Crippen LogP contribution in [0.1, 0.15) is 39.6 Å². The minimum absolute atomic E-state index is 0.0547. The lowest BCUT2D eigenvalue weighted by atomic mass is 9.94. The third-order valence-corrected chi connectivity index (χ3v) is 7.96. The molecule has 2 N–H and O–H groups in total. The highest BCUT2D eigenvalue weighted by Gasteiger charge is 2.48. The quantitative estimate of drug-likeness (QED) is 0.626. The van der Waals surface area contributed by atoms with Gasteiger partial charge in [-0.3, -0.25) is 9.89 Å². The molecule has 160 valence electrons. The fourth-order valence-electron chi connectivity index (χ4n) is 4.59. The van der Waals surface area contributed by atoms with Gasteiger partial charge in [-0.05, 0) is 43.2 Å². The summed E-state index contributed by atoms with van der Waals surface area (Å²) < 4.78 is 24.3. The van der Waals surface area contributed by atoms with Gasteiger partial charge >= 0.3 is 0 Å². The van der Waals surface area contributed by atoms with Crippen molar-refractivity contribution in [2.24, 2.45) is 0 Å². The summed E-state index contributed by atoms with van der Waals surface area (Å²) in [6, 6.07) is 11.4. The highest BCUT2D eigenvalue weighted by Crippen LogP contribution is 2.46. The number of hydrogen-bond acceptors (Lipinski definition) is 5. The third-order valence-electron chi connectivity index (χ3n) is 5.98. The largest absolute Gasteiger partial charge is 0.507 e. The number of nitrogens with zero attached hydrogens (tertiary/aromatic N) is 2. The summed E-state index contributed by atoms with van der Waals surface area (Å²) >= 11 is 6.25. The lowest BCUT2D eigenvalue weighted by Crippen LogP contribution is -2.40. The van der Waals surface area contributed by atoms with E-state index in [0.29, 0.717) is 34.0 Å². The Hall–Kier alpha value is -2.84. The fourth-order valence-corrected chi connectivity index (χ4v) is 6.50. The van der Waals surface area contributed by atoms with Gasteiger partial charge in [-0.1, -0.05) is 35.4 Å². The number of benzene rings is 2. The van der Waals surface area contributed by atoms with E-state index in [-0.39, 0.29) is 23.2 Å². The number of aromatic amines is 1. The molecule has 0 bridgehead atoms. The molecule has 2 aromatic carbocycles. The number of halogens is 1. The van der Waals surface area contributed by atoms with Crippen molar-refractivity contribution in [3.8, 4) is 17.0 Å². The first-order valence-electron chi connectivity index (χ1n) is 9.92. The summed E-state index contributed by atoms with van der Waals surface area (Å²) in [4.78, 5) is 15.1. The number of aryl methyl sites for hydroxylation is 1. The number of phenolic OH excluding ortho intramolecular Hbond substituents is 1. The predicted octanol–water partition coefficient (Wildman–Crippen LogP) is 3.48. The van der Waals surface area contributed by atoms with Gasteiger partial charge in [0, 0.05) is 22.2 Å². The number of carbonyl (C=O) groups is 1. The molecule has 2 atom stereocenters. The van der Waals surface area contributed by atoms with Crippen molar-refractivity contribution in [1.82, 2.24) is 15.1 Å². The first kappa shape index (κ1) is 20.1. The minimum Gasteiger partial charge on any atom is -0.507 e. The summed E-state index contributed by atoms with van der Waals surface area (Å²) in [5.41, 5.74) is 3.62. The van der Waals surface area contributed by atoms with Gasteiger partial charge in [0.2, 0.25) is 0 Å². The Morgan fingerprint density at radius 3 is 2.74 bits per heavy atom. The van der Waals surface area contributed by atoms with Crippen molar-refractivity contribution < 1.29 is 18.3 Å². The molecule has 2 unspecified atom stereocenters. The second-order valence-corrected chi connectivity index (χ2v) is 10.8. The molecule has 3 aromatic rings. The molecule has 1 aromatic heterocycles. The zero-order chi connectivity index (χ0) is 21.9. The molecule has 0 radical (unpaired) electrons. The van der Waals surface area contributed by atoms with E-state index in [2.05, 4.69) is 10.2 Å². The number of aromatic nitrogens is 2. The average Bonchev–Trinajstić information content (AvgIpc) is 3.37. The van der Waals surface area contributed by atoms with E-state index in [4.69, 9.17) is 11.6 Å². The van der Waals surface area contributed by atoms with Gasteiger partial charge in [0.05, 0.1) is 17.5 Å². The van der Waals surface area contributed by atoms with Crippen LogP contribution in [0.4, 0.5) is 0 Å². The fraction of sp³-hybridized carbons (Fsp3) is 0.273. The van der Waals surface area contributed by atoms with Gasteiger partial charge in [0.1, 0.15) is 17.1 Å². The Kier molecular flexibility index (Phi) is 4.60. The zero-order valence-electron chi connectivity index (χ0n) is 16.7. The number of fused-ring (bicyclic) bond motifs is 1. The van der Waals surface area contributed by atoms with E-state index in [9.17, 15) is 18.3 Å². The molecule has 0 spiro atoms. The summed E-state index contributed by atoms with van der Waals surface area (Å²) in [7, 11) is -3.20. The molecule has 0 aliphatic carbocycles. The van der Waals surface area contributed by atoms with Crippen LogP contribution in [0.2, 0.25) is 5.02 Å². The summed E-state index contributed by atoms with van der Waals surface area (Å²) in [5, 5.41) is 18.2. The van der Waals surface area contributed by atoms with Gasteiger partial charge in [-0.15, -0.1) is 0 Å². The average molecular weight is 458 g/mol. The molecular weight excluding hydrogens is 438 g/mol. The topological polar surface area (TPSA) is 103 Å². The molecule has 2 aliphatic heterocycles. The number of hydrogen-bond donors (Lipinski definition) is 2. The van der Waals surface area contributed by atoms with Crippen molar-refractivity contribution in [3.05, 3.63) is 69.9 Å². The number of nitrogens with one attached hydrogen (secondary N) is 1. The smallest absolute Gasteiger partial charge is 0.273 e. The molecule has 0 saturated carbocycles. The number of carbonyl (C=O) groups excluding carboxylic acids is 1. The SMILES string of the molecule is Cc1ccc(O)c(-c2n[nH]c3c2C(c2cccc(Cl)c2)N(C2CCS(=O)(=O)C2)C3=O)c1. The van der Waals surface area contributed by atoms with Gasteiger partial charge in [0.15, 0.2) is 9.84 Å². The number of sulfone groups is 1. The van der Waals surface area contributed by atoms with Crippen LogP contribution in [0.25, 0.3) is 11.3 Å². The van der Waals surface area contributed by atoms with Gasteiger partial charge in [0.25, 0.3) is 5.91 Å². The second kappa shape index (κ2) is 7.10. The van der Waals surface area contributed by atoms with Crippen molar-refractivity contribution >= 4 is 27.3 Å². The van der Waals surface area contributed by atoms with Crippen LogP contribution in [0.3, 0.4) is 0 Å². The Balaban J connectivity index is 1.71. The molecule has 31 heavy (non-hydrogen) atoms. The monoisotopic (exact) mass is 457 g/mol. The molecule has 7 nitrogen and oxygen atoms in total. The van der Waals surface area contributed by atoms with Crippen LogP contribution in [0, 0.1) is 6.92 Å². The van der Waals surface area contributed by atoms with E-state index >= 15 is 0 Å². The lowest BCUT2D eigenvalue weighted by molar-refractivity contribution is 0.0677. The Bertz CT molecular complexity index is 1320. The van der Waals surface area contributed by atoms with E-state index in [1.807, 2.05) is 19.1 Å². The van der Waals surface area contributed by atoms with Crippen LogP contribution in [0.5, 0.6) is 5.75 Å². The number of phenols is 1. The van der Waals surface area contributed by atoms with Crippen molar-refractivity contribution in [1.29, 1.82) is 0 Å². The number of aromatic hydroxyl groups is 1. The van der Waals surface area contributed by atoms with E-state index in [1.54, 1.807) is 35.2 Å². The normalized spacial score (nSPS) is 22.1. The minimum atomic E-state index is -3.20. The third kappa shape index (κ3) is 3.30. The maximum absolute atomic E-state index is 13.4. The molecule has 3 heterocycles. The highest BCUT2D eigenvalue weighted by atomic mass is 35.5. The van der Waals surface area contributed by atoms with Gasteiger partial charge < -0.3 is 10.0 Å². The predicted molar refractivity (Wildman–Crippen MR) is 117 cm³/mol. The van der Waals surface area contributed by atoms with Crippen molar-refractivity contribution in [2.75, 3.05) is 11.5 Å². The van der Waals surface area contributed by atoms with Crippen LogP contribution < -0.4 is 0 Å². The summed E-state index contributed by atoms with van der Waals surface area (Å²) in [6.07, 6.45) is 0.383. The van der Waals surface area contributed by atoms with Gasteiger partial charge in [-0.2, -0.15) is 5.10 Å². The Labute approximate surface area is 184 Å². The Morgan fingerprint density at radius 1 is 1.23 bits per heavy atom.